The Morgan fingerprint density at radius 2 is 1.85 bits per heavy atom. The quantitative estimate of drug-likeness (QED) is 0.801. The lowest BCUT2D eigenvalue weighted by Crippen LogP contribution is -2.44. The molecular weight excluding hydrogens is 252 g/mol. The van der Waals surface area contributed by atoms with Crippen molar-refractivity contribution >= 4 is 11.5 Å². The average Bonchev–Trinajstić information content (AvgIpc) is 2.55. The lowest BCUT2D eigenvalue weighted by Gasteiger charge is -2.32. The number of pyridine rings is 2. The van der Waals surface area contributed by atoms with Crippen molar-refractivity contribution in [1.29, 1.82) is 0 Å². The summed E-state index contributed by atoms with van der Waals surface area (Å²) in [5, 5.41) is 10.4. The first-order chi connectivity index (χ1) is 9.92. The number of nitrogens with zero attached hydrogens (tertiary/aromatic N) is 6. The summed E-state index contributed by atoms with van der Waals surface area (Å²) in [6, 6.07) is 9.72. The van der Waals surface area contributed by atoms with Crippen molar-refractivity contribution < 1.29 is 0 Å². The first-order valence-electron chi connectivity index (χ1n) is 6.64. The van der Waals surface area contributed by atoms with Gasteiger partial charge in [0, 0.05) is 25.5 Å². The van der Waals surface area contributed by atoms with E-state index in [1.807, 2.05) is 41.5 Å². The smallest absolute Gasteiger partial charge is 0.128 e. The number of anilines is 1. The van der Waals surface area contributed by atoms with E-state index in [0.717, 1.165) is 37.7 Å². The number of hydrogen-bond donors (Lipinski definition) is 0. The highest BCUT2D eigenvalue weighted by Crippen LogP contribution is 2.14. The van der Waals surface area contributed by atoms with Crippen LogP contribution in [-0.2, 0) is 0 Å². The fourth-order valence-electron chi connectivity index (χ4n) is 2.08. The Balaban J connectivity index is 1.55. The van der Waals surface area contributed by atoms with Crippen LogP contribution in [-0.4, -0.2) is 41.2 Å². The molecule has 0 saturated carbocycles. The molecule has 2 aromatic heterocycles. The standard InChI is InChI=1S/C14H16N6/c1-2-7-16-14(5-1)19-8-10-20(11-9-19)18-17-13-4-3-6-15-12-13/h1-7,12H,8-11H2/b18-17+. The topological polar surface area (TPSA) is 57.0 Å². The van der Waals surface area contributed by atoms with Crippen LogP contribution in [0.1, 0.15) is 0 Å². The van der Waals surface area contributed by atoms with Crippen molar-refractivity contribution in [2.24, 2.45) is 10.3 Å². The third-order valence-electron chi connectivity index (χ3n) is 3.16. The molecule has 0 N–H and O–H groups in total. The molecule has 1 aliphatic heterocycles. The van der Waals surface area contributed by atoms with Gasteiger partial charge in [-0.25, -0.2) is 4.98 Å². The fourth-order valence-corrected chi connectivity index (χ4v) is 2.08. The molecule has 0 atom stereocenters. The summed E-state index contributed by atoms with van der Waals surface area (Å²) in [5.74, 6) is 1.02. The minimum absolute atomic E-state index is 0.777. The second kappa shape index (κ2) is 6.10. The second-order valence-corrected chi connectivity index (χ2v) is 4.53. The number of rotatable bonds is 3. The SMILES string of the molecule is c1ccc(N2CCN(/N=N/c3cccnc3)CC2)nc1. The number of piperazine rings is 1. The first kappa shape index (κ1) is 12.5. The predicted molar refractivity (Wildman–Crippen MR) is 76.8 cm³/mol. The van der Waals surface area contributed by atoms with Crippen LogP contribution in [0.3, 0.4) is 0 Å². The minimum Gasteiger partial charge on any atom is -0.353 e. The van der Waals surface area contributed by atoms with Crippen LogP contribution in [0.4, 0.5) is 11.5 Å². The maximum Gasteiger partial charge on any atom is 0.128 e. The zero-order valence-electron chi connectivity index (χ0n) is 11.1. The summed E-state index contributed by atoms with van der Waals surface area (Å²) < 4.78 is 0. The lowest BCUT2D eigenvalue weighted by atomic mass is 10.3. The predicted octanol–water partition coefficient (Wildman–Crippen LogP) is 2.30. The van der Waals surface area contributed by atoms with Gasteiger partial charge in [0.15, 0.2) is 0 Å². The van der Waals surface area contributed by atoms with E-state index in [1.54, 1.807) is 12.4 Å². The Bertz CT molecular complexity index is 548. The van der Waals surface area contributed by atoms with Crippen molar-refractivity contribution in [3.05, 3.63) is 48.9 Å². The third kappa shape index (κ3) is 3.09. The Morgan fingerprint density at radius 1 is 0.950 bits per heavy atom. The van der Waals surface area contributed by atoms with E-state index in [2.05, 4.69) is 25.2 Å². The van der Waals surface area contributed by atoms with Crippen LogP contribution in [0, 0.1) is 0 Å². The van der Waals surface area contributed by atoms with Gasteiger partial charge in [0.25, 0.3) is 0 Å². The molecule has 0 spiro atoms. The van der Waals surface area contributed by atoms with Crippen LogP contribution >= 0.6 is 0 Å². The normalized spacial score (nSPS) is 15.8. The molecule has 0 aromatic carbocycles. The molecule has 1 aliphatic rings. The van der Waals surface area contributed by atoms with Crippen molar-refractivity contribution in [3.63, 3.8) is 0 Å². The molecule has 6 nitrogen and oxygen atoms in total. The number of hydrogen-bond acceptors (Lipinski definition) is 5. The summed E-state index contributed by atoms with van der Waals surface area (Å²) in [6.45, 7) is 3.51. The van der Waals surface area contributed by atoms with Gasteiger partial charge in [0.05, 0.1) is 19.3 Å². The monoisotopic (exact) mass is 268 g/mol. The van der Waals surface area contributed by atoms with Gasteiger partial charge in [0.1, 0.15) is 11.5 Å². The van der Waals surface area contributed by atoms with Gasteiger partial charge in [-0.2, -0.15) is 0 Å². The van der Waals surface area contributed by atoms with E-state index in [9.17, 15) is 0 Å². The Labute approximate surface area is 117 Å². The molecule has 20 heavy (non-hydrogen) atoms. The van der Waals surface area contributed by atoms with Crippen LogP contribution in [0.25, 0.3) is 0 Å². The zero-order valence-corrected chi connectivity index (χ0v) is 11.1. The van der Waals surface area contributed by atoms with Crippen molar-refractivity contribution in [3.8, 4) is 0 Å². The van der Waals surface area contributed by atoms with Gasteiger partial charge in [-0.1, -0.05) is 11.3 Å². The van der Waals surface area contributed by atoms with E-state index in [4.69, 9.17) is 0 Å². The summed E-state index contributed by atoms with van der Waals surface area (Å²) >= 11 is 0. The third-order valence-corrected chi connectivity index (χ3v) is 3.16. The van der Waals surface area contributed by atoms with Gasteiger partial charge >= 0.3 is 0 Å². The Kier molecular flexibility index (Phi) is 3.82. The van der Waals surface area contributed by atoms with Crippen LogP contribution in [0.5, 0.6) is 0 Å². The van der Waals surface area contributed by atoms with Gasteiger partial charge in [0.2, 0.25) is 0 Å². The molecule has 3 rings (SSSR count). The zero-order chi connectivity index (χ0) is 13.6. The van der Waals surface area contributed by atoms with E-state index in [-0.39, 0.29) is 0 Å². The molecule has 1 fully saturated rings. The first-order valence-corrected chi connectivity index (χ1v) is 6.64. The average molecular weight is 268 g/mol. The molecule has 0 aliphatic carbocycles. The molecule has 102 valence electrons. The van der Waals surface area contributed by atoms with E-state index in [1.165, 1.54) is 0 Å². The van der Waals surface area contributed by atoms with E-state index < -0.39 is 0 Å². The maximum atomic E-state index is 4.37. The highest BCUT2D eigenvalue weighted by atomic mass is 15.6. The van der Waals surface area contributed by atoms with Crippen molar-refractivity contribution in [1.82, 2.24) is 15.0 Å². The van der Waals surface area contributed by atoms with Crippen LogP contribution in [0.15, 0.2) is 59.3 Å². The summed E-state index contributed by atoms with van der Waals surface area (Å²) in [4.78, 5) is 10.6. The Hall–Kier alpha value is -2.50. The molecule has 0 amide bonds. The molecule has 3 heterocycles. The molecule has 1 saturated heterocycles. The highest BCUT2D eigenvalue weighted by Gasteiger charge is 2.16. The van der Waals surface area contributed by atoms with E-state index in [0.29, 0.717) is 0 Å². The highest BCUT2D eigenvalue weighted by molar-refractivity contribution is 5.38. The Morgan fingerprint density at radius 3 is 2.55 bits per heavy atom. The van der Waals surface area contributed by atoms with E-state index >= 15 is 0 Å². The van der Waals surface area contributed by atoms with Crippen LogP contribution in [0.2, 0.25) is 0 Å². The molecule has 0 radical (unpaired) electrons. The summed E-state index contributed by atoms with van der Waals surface area (Å²) in [5.41, 5.74) is 0.777. The molecular formula is C14H16N6. The largest absolute Gasteiger partial charge is 0.353 e. The minimum atomic E-state index is 0.777. The fraction of sp³-hybridized carbons (Fsp3) is 0.286. The second-order valence-electron chi connectivity index (χ2n) is 4.53. The summed E-state index contributed by atoms with van der Waals surface area (Å²) in [6.07, 6.45) is 5.25. The van der Waals surface area contributed by atoms with Crippen molar-refractivity contribution in [2.75, 3.05) is 31.1 Å². The lowest BCUT2D eigenvalue weighted by molar-refractivity contribution is 0.253. The molecule has 6 heteroatoms. The van der Waals surface area contributed by atoms with Gasteiger partial charge in [-0.05, 0) is 24.3 Å². The molecule has 0 bridgehead atoms. The molecule has 0 unspecified atom stereocenters. The number of aromatic nitrogens is 2. The van der Waals surface area contributed by atoms with Crippen LogP contribution < -0.4 is 4.90 Å². The van der Waals surface area contributed by atoms with Gasteiger partial charge in [-0.15, -0.1) is 5.11 Å². The maximum absolute atomic E-state index is 4.37. The summed E-state index contributed by atoms with van der Waals surface area (Å²) in [7, 11) is 0. The van der Waals surface area contributed by atoms with Gasteiger partial charge < -0.3 is 4.90 Å². The van der Waals surface area contributed by atoms with Gasteiger partial charge in [-0.3, -0.25) is 9.99 Å². The van der Waals surface area contributed by atoms with Crippen molar-refractivity contribution in [2.45, 2.75) is 0 Å². The molecule has 2 aromatic rings.